The van der Waals surface area contributed by atoms with Crippen LogP contribution < -0.4 is 10.6 Å². The maximum Gasteiger partial charge on any atom is 0.332 e. The van der Waals surface area contributed by atoms with Crippen molar-refractivity contribution in [1.29, 1.82) is 0 Å². The molecule has 2 N–H and O–H groups in total. The van der Waals surface area contributed by atoms with Crippen molar-refractivity contribution in [1.82, 2.24) is 9.97 Å². The second-order valence-electron chi connectivity index (χ2n) is 4.40. The average Bonchev–Trinajstić information content (AvgIpc) is 2.38. The normalized spacial score (nSPS) is 18.9. The Labute approximate surface area is 115 Å². The van der Waals surface area contributed by atoms with Crippen LogP contribution >= 0.6 is 11.8 Å². The van der Waals surface area contributed by atoms with Gasteiger partial charge in [0, 0.05) is 18.8 Å². The number of rotatable bonds is 4. The average molecular weight is 283 g/mol. The van der Waals surface area contributed by atoms with Gasteiger partial charge in [0.1, 0.15) is 5.69 Å². The van der Waals surface area contributed by atoms with E-state index in [1.807, 2.05) is 11.8 Å². The van der Waals surface area contributed by atoms with Crippen molar-refractivity contribution < 1.29 is 4.92 Å². The van der Waals surface area contributed by atoms with Crippen molar-refractivity contribution in [2.45, 2.75) is 25.8 Å². The fourth-order valence-corrected chi connectivity index (χ4v) is 3.12. The Morgan fingerprint density at radius 2 is 2.26 bits per heavy atom. The van der Waals surface area contributed by atoms with Crippen LogP contribution in [-0.2, 0) is 0 Å². The highest BCUT2D eigenvalue weighted by molar-refractivity contribution is 7.99. The summed E-state index contributed by atoms with van der Waals surface area (Å²) in [6, 6.07) is 0.233. The van der Waals surface area contributed by atoms with Crippen molar-refractivity contribution in [2.24, 2.45) is 0 Å². The molecule has 19 heavy (non-hydrogen) atoms. The van der Waals surface area contributed by atoms with Crippen LogP contribution in [0.2, 0.25) is 0 Å². The topological polar surface area (TPSA) is 93.0 Å². The first kappa shape index (κ1) is 13.9. The lowest BCUT2D eigenvalue weighted by Crippen LogP contribution is -2.27. The smallest absolute Gasteiger partial charge is 0.332 e. The zero-order chi connectivity index (χ0) is 13.8. The Bertz CT molecular complexity index is 476. The van der Waals surface area contributed by atoms with Gasteiger partial charge in [0.2, 0.25) is 11.8 Å². The highest BCUT2D eigenvalue weighted by Gasteiger charge is 2.24. The number of aromatic nitrogens is 2. The first-order valence-corrected chi connectivity index (χ1v) is 7.32. The number of hydrogen-bond donors (Lipinski definition) is 2. The van der Waals surface area contributed by atoms with E-state index < -0.39 is 4.92 Å². The van der Waals surface area contributed by atoms with Crippen LogP contribution in [0.5, 0.6) is 0 Å². The Morgan fingerprint density at radius 3 is 2.84 bits per heavy atom. The molecular formula is C11H17N5O2S. The molecule has 1 aromatic rings. The molecular weight excluding hydrogens is 266 g/mol. The molecule has 1 aliphatic heterocycles. The summed E-state index contributed by atoms with van der Waals surface area (Å²) in [7, 11) is 1.70. The zero-order valence-corrected chi connectivity index (χ0v) is 11.8. The molecule has 2 heterocycles. The van der Waals surface area contributed by atoms with Crippen LogP contribution in [0.25, 0.3) is 0 Å². The quantitative estimate of drug-likeness (QED) is 0.645. The molecule has 0 aromatic carbocycles. The predicted octanol–water partition coefficient (Wildman–Crippen LogP) is 2.04. The van der Waals surface area contributed by atoms with Gasteiger partial charge in [-0.25, -0.2) is 4.98 Å². The fourth-order valence-electron chi connectivity index (χ4n) is 2.05. The molecule has 1 aromatic heterocycles. The first-order valence-electron chi connectivity index (χ1n) is 6.17. The molecule has 0 saturated carbocycles. The largest absolute Gasteiger partial charge is 0.361 e. The Kier molecular flexibility index (Phi) is 4.41. The molecule has 0 aliphatic carbocycles. The van der Waals surface area contributed by atoms with Gasteiger partial charge >= 0.3 is 5.69 Å². The van der Waals surface area contributed by atoms with Crippen molar-refractivity contribution in [3.63, 3.8) is 0 Å². The van der Waals surface area contributed by atoms with E-state index in [4.69, 9.17) is 0 Å². The molecule has 0 radical (unpaired) electrons. The van der Waals surface area contributed by atoms with E-state index in [0.717, 1.165) is 24.3 Å². The summed E-state index contributed by atoms with van der Waals surface area (Å²) in [4.78, 5) is 19.0. The molecule has 104 valence electrons. The van der Waals surface area contributed by atoms with Gasteiger partial charge < -0.3 is 10.6 Å². The summed E-state index contributed by atoms with van der Waals surface area (Å²) in [5.41, 5.74) is 0.338. The lowest BCUT2D eigenvalue weighted by molar-refractivity contribution is -0.385. The van der Waals surface area contributed by atoms with Gasteiger partial charge in [-0.05, 0) is 25.5 Å². The minimum absolute atomic E-state index is 0.0328. The Balaban J connectivity index is 2.29. The standard InChI is InChI=1S/C11H17N5O2S/c1-7-9(16(17)18)10(15-11(12-2)13-7)14-8-4-3-5-19-6-8/h8H,3-6H2,1-2H3,(H2,12,13,14,15). The lowest BCUT2D eigenvalue weighted by Gasteiger charge is -2.23. The zero-order valence-electron chi connectivity index (χ0n) is 11.0. The highest BCUT2D eigenvalue weighted by atomic mass is 32.2. The van der Waals surface area contributed by atoms with Gasteiger partial charge in [0.05, 0.1) is 4.92 Å². The molecule has 8 heteroatoms. The maximum absolute atomic E-state index is 11.1. The van der Waals surface area contributed by atoms with E-state index >= 15 is 0 Å². The van der Waals surface area contributed by atoms with Crippen LogP contribution in [0.15, 0.2) is 0 Å². The molecule has 1 unspecified atom stereocenters. The number of hydrogen-bond acceptors (Lipinski definition) is 7. The van der Waals surface area contributed by atoms with Gasteiger partial charge in [-0.3, -0.25) is 10.1 Å². The fraction of sp³-hybridized carbons (Fsp3) is 0.636. The molecule has 2 rings (SSSR count). The molecule has 1 atom stereocenters. The molecule has 1 fully saturated rings. The van der Waals surface area contributed by atoms with Crippen LogP contribution in [0.1, 0.15) is 18.5 Å². The van der Waals surface area contributed by atoms with Crippen LogP contribution in [-0.4, -0.2) is 39.5 Å². The SMILES string of the molecule is CNc1nc(C)c([N+](=O)[O-])c(NC2CCCSC2)n1. The van der Waals surface area contributed by atoms with E-state index in [1.165, 1.54) is 0 Å². The predicted molar refractivity (Wildman–Crippen MR) is 76.9 cm³/mol. The summed E-state index contributed by atoms with van der Waals surface area (Å²) in [6.45, 7) is 1.63. The summed E-state index contributed by atoms with van der Waals surface area (Å²) in [6.07, 6.45) is 2.14. The minimum atomic E-state index is -0.424. The van der Waals surface area contributed by atoms with E-state index in [-0.39, 0.29) is 11.7 Å². The maximum atomic E-state index is 11.1. The summed E-state index contributed by atoms with van der Waals surface area (Å²) >= 11 is 1.86. The number of nitro groups is 1. The van der Waals surface area contributed by atoms with E-state index in [9.17, 15) is 10.1 Å². The van der Waals surface area contributed by atoms with E-state index in [1.54, 1.807) is 14.0 Å². The van der Waals surface area contributed by atoms with Gasteiger partial charge in [0.15, 0.2) is 0 Å². The summed E-state index contributed by atoms with van der Waals surface area (Å²) < 4.78 is 0. The molecule has 0 amide bonds. The van der Waals surface area contributed by atoms with E-state index in [2.05, 4.69) is 20.6 Å². The first-order chi connectivity index (χ1) is 9.11. The number of anilines is 2. The highest BCUT2D eigenvalue weighted by Crippen LogP contribution is 2.29. The van der Waals surface area contributed by atoms with Crippen molar-refractivity contribution in [3.8, 4) is 0 Å². The van der Waals surface area contributed by atoms with Gasteiger partial charge in [-0.1, -0.05) is 0 Å². The summed E-state index contributed by atoms with van der Waals surface area (Å²) in [5.74, 6) is 2.82. The lowest BCUT2D eigenvalue weighted by atomic mass is 10.2. The van der Waals surface area contributed by atoms with Crippen LogP contribution in [0, 0.1) is 17.0 Å². The number of nitrogens with zero attached hydrogens (tertiary/aromatic N) is 3. The van der Waals surface area contributed by atoms with Crippen molar-refractivity contribution in [2.75, 3.05) is 29.2 Å². The van der Waals surface area contributed by atoms with Crippen molar-refractivity contribution in [3.05, 3.63) is 15.8 Å². The van der Waals surface area contributed by atoms with Gasteiger partial charge in [-0.15, -0.1) is 0 Å². The van der Waals surface area contributed by atoms with Crippen LogP contribution in [0.3, 0.4) is 0 Å². The van der Waals surface area contributed by atoms with Gasteiger partial charge in [0.25, 0.3) is 0 Å². The Hall–Kier alpha value is -1.57. The van der Waals surface area contributed by atoms with Crippen LogP contribution in [0.4, 0.5) is 17.5 Å². The van der Waals surface area contributed by atoms with Gasteiger partial charge in [-0.2, -0.15) is 16.7 Å². The third kappa shape index (κ3) is 3.25. The number of thioether (sulfide) groups is 1. The molecule has 7 nitrogen and oxygen atoms in total. The molecule has 0 spiro atoms. The molecule has 1 aliphatic rings. The summed E-state index contributed by atoms with van der Waals surface area (Å²) in [5, 5.41) is 17.2. The van der Waals surface area contributed by atoms with Crippen molar-refractivity contribution >= 4 is 29.2 Å². The number of aryl methyl sites for hydroxylation is 1. The number of nitrogens with one attached hydrogen (secondary N) is 2. The molecule has 0 bridgehead atoms. The second kappa shape index (κ2) is 6.05. The second-order valence-corrected chi connectivity index (χ2v) is 5.55. The van der Waals surface area contributed by atoms with E-state index in [0.29, 0.717) is 17.5 Å². The minimum Gasteiger partial charge on any atom is -0.361 e. The monoisotopic (exact) mass is 283 g/mol. The third-order valence-corrected chi connectivity index (χ3v) is 4.18. The Morgan fingerprint density at radius 1 is 1.47 bits per heavy atom. The third-order valence-electron chi connectivity index (χ3n) is 2.97. The molecule has 1 saturated heterocycles.